The van der Waals surface area contributed by atoms with Crippen LogP contribution in [-0.4, -0.2) is 36.3 Å². The number of nitrogens with zero attached hydrogens (tertiary/aromatic N) is 2. The van der Waals surface area contributed by atoms with E-state index < -0.39 is 17.7 Å². The van der Waals surface area contributed by atoms with Gasteiger partial charge in [0.2, 0.25) is 0 Å². The number of hydrogen-bond donors (Lipinski definition) is 1. The fourth-order valence-electron chi connectivity index (χ4n) is 2.63. The van der Waals surface area contributed by atoms with Crippen LogP contribution in [0.25, 0.3) is 10.2 Å². The number of nitrogens with one attached hydrogen (secondary N) is 1. The summed E-state index contributed by atoms with van der Waals surface area (Å²) in [5.41, 5.74) is -0.626. The number of fused-ring (bicyclic) bond motifs is 1. The Morgan fingerprint density at radius 1 is 1.28 bits per heavy atom. The van der Waals surface area contributed by atoms with E-state index in [4.69, 9.17) is 21.1 Å². The third-order valence-electron chi connectivity index (χ3n) is 3.97. The summed E-state index contributed by atoms with van der Waals surface area (Å²) in [7, 11) is 1.48. The number of thiophene rings is 1. The second-order valence-corrected chi connectivity index (χ2v) is 7.34. The number of aryl methyl sites for hydroxylation is 1. The van der Waals surface area contributed by atoms with Crippen LogP contribution in [0.1, 0.15) is 20.8 Å². The average Bonchev–Trinajstić information content (AvgIpc) is 3.00. The highest BCUT2D eigenvalue weighted by Crippen LogP contribution is 2.40. The van der Waals surface area contributed by atoms with Crippen molar-refractivity contribution in [1.29, 1.82) is 0 Å². The van der Waals surface area contributed by atoms with Crippen molar-refractivity contribution in [2.24, 2.45) is 0 Å². The highest BCUT2D eigenvalue weighted by atomic mass is 35.5. The number of esters is 1. The third kappa shape index (κ3) is 4.60. The first-order valence-electron chi connectivity index (χ1n) is 8.26. The largest absolute Gasteiger partial charge is 0.459 e. The van der Waals surface area contributed by atoms with Gasteiger partial charge >= 0.3 is 12.1 Å². The lowest BCUT2D eigenvalue weighted by molar-refractivity contribution is -0.136. The van der Waals surface area contributed by atoms with Gasteiger partial charge < -0.3 is 14.8 Å². The first-order chi connectivity index (χ1) is 13.7. The minimum atomic E-state index is -4.61. The first-order valence-corrected chi connectivity index (χ1v) is 9.45. The summed E-state index contributed by atoms with van der Waals surface area (Å²) in [6.07, 6.45) is -3.40. The summed E-state index contributed by atoms with van der Waals surface area (Å²) in [6, 6.07) is 3.40. The van der Waals surface area contributed by atoms with Crippen LogP contribution in [0.3, 0.4) is 0 Å². The predicted molar refractivity (Wildman–Crippen MR) is 104 cm³/mol. The maximum Gasteiger partial charge on any atom is 0.418 e. The van der Waals surface area contributed by atoms with E-state index in [0.717, 1.165) is 17.4 Å². The van der Waals surface area contributed by atoms with Gasteiger partial charge in [0.1, 0.15) is 28.5 Å². The Morgan fingerprint density at radius 2 is 2.03 bits per heavy atom. The van der Waals surface area contributed by atoms with Crippen molar-refractivity contribution >= 4 is 50.6 Å². The third-order valence-corrected chi connectivity index (χ3v) is 5.39. The highest BCUT2D eigenvalue weighted by molar-refractivity contribution is 7.20. The molecule has 0 atom stereocenters. The number of methoxy groups -OCH3 is 1. The van der Waals surface area contributed by atoms with Crippen LogP contribution in [0, 0.1) is 6.92 Å². The van der Waals surface area contributed by atoms with Crippen LogP contribution in [0.4, 0.5) is 24.7 Å². The summed E-state index contributed by atoms with van der Waals surface area (Å²) in [5.74, 6) is -0.413. The maximum atomic E-state index is 13.4. The second kappa shape index (κ2) is 8.52. The van der Waals surface area contributed by atoms with Gasteiger partial charge in [0, 0.05) is 12.1 Å². The molecule has 0 amide bonds. The molecule has 0 saturated heterocycles. The zero-order valence-electron chi connectivity index (χ0n) is 15.3. The summed E-state index contributed by atoms with van der Waals surface area (Å²) >= 11 is 6.80. The van der Waals surface area contributed by atoms with Gasteiger partial charge in [-0.05, 0) is 30.7 Å². The number of aromatic nitrogens is 2. The minimum Gasteiger partial charge on any atom is -0.459 e. The Bertz CT molecular complexity index is 1060. The van der Waals surface area contributed by atoms with Gasteiger partial charge in [0.25, 0.3) is 0 Å². The Labute approximate surface area is 172 Å². The molecule has 0 aliphatic rings. The van der Waals surface area contributed by atoms with Crippen molar-refractivity contribution in [2.45, 2.75) is 13.1 Å². The molecule has 0 spiro atoms. The fraction of sp³-hybridized carbons (Fsp3) is 0.278. The second-order valence-electron chi connectivity index (χ2n) is 5.90. The number of ether oxygens (including phenoxy) is 2. The molecule has 11 heteroatoms. The predicted octanol–water partition coefficient (Wildman–Crippen LogP) is 5.22. The van der Waals surface area contributed by atoms with Crippen LogP contribution < -0.4 is 5.32 Å². The first kappa shape index (κ1) is 21.3. The molecule has 2 heterocycles. The molecule has 6 nitrogen and oxygen atoms in total. The molecule has 3 rings (SSSR count). The summed E-state index contributed by atoms with van der Waals surface area (Å²) in [5, 5.41) is 3.10. The van der Waals surface area contributed by atoms with E-state index >= 15 is 0 Å². The van der Waals surface area contributed by atoms with Crippen molar-refractivity contribution in [3.8, 4) is 0 Å². The lowest BCUT2D eigenvalue weighted by Crippen LogP contribution is -2.10. The molecule has 0 radical (unpaired) electrons. The molecule has 0 unspecified atom stereocenters. The minimum absolute atomic E-state index is 0.0384. The van der Waals surface area contributed by atoms with Crippen molar-refractivity contribution in [3.05, 3.63) is 45.6 Å². The van der Waals surface area contributed by atoms with Crippen molar-refractivity contribution < 1.29 is 27.4 Å². The van der Waals surface area contributed by atoms with Crippen LogP contribution in [0.2, 0.25) is 5.02 Å². The topological polar surface area (TPSA) is 73.3 Å². The van der Waals surface area contributed by atoms with Crippen LogP contribution >= 0.6 is 22.9 Å². The normalized spacial score (nSPS) is 11.7. The molecule has 0 aliphatic heterocycles. The van der Waals surface area contributed by atoms with Gasteiger partial charge in [-0.2, -0.15) is 13.2 Å². The Hall–Kier alpha value is -2.43. The molecule has 0 aliphatic carbocycles. The molecule has 3 aromatic rings. The van der Waals surface area contributed by atoms with Crippen LogP contribution in [0.15, 0.2) is 24.5 Å². The number of carbonyl (C=O) groups excluding carboxylic acids is 1. The maximum absolute atomic E-state index is 13.4. The van der Waals surface area contributed by atoms with E-state index in [-0.39, 0.29) is 29.7 Å². The fourth-order valence-corrected chi connectivity index (χ4v) is 3.85. The van der Waals surface area contributed by atoms with Gasteiger partial charge in [-0.1, -0.05) is 11.6 Å². The van der Waals surface area contributed by atoms with Gasteiger partial charge in [0.05, 0.1) is 23.2 Å². The number of anilines is 2. The van der Waals surface area contributed by atoms with Crippen LogP contribution in [-0.2, 0) is 15.7 Å². The summed E-state index contributed by atoms with van der Waals surface area (Å²) in [4.78, 5) is 21.2. The zero-order valence-corrected chi connectivity index (χ0v) is 16.8. The molecule has 1 N–H and O–H groups in total. The van der Waals surface area contributed by atoms with Crippen molar-refractivity contribution in [1.82, 2.24) is 9.97 Å². The molecular formula is C18H15ClF3N3O3S. The lowest BCUT2D eigenvalue weighted by Gasteiger charge is -2.15. The smallest absolute Gasteiger partial charge is 0.418 e. The van der Waals surface area contributed by atoms with Crippen LogP contribution in [0.5, 0.6) is 0 Å². The SMILES string of the molecule is COCCOC(=O)c1sc2ncnc(Nc3ccc(Cl)cc3C(F)(F)F)c2c1C. The Morgan fingerprint density at radius 3 is 2.72 bits per heavy atom. The molecule has 2 aromatic heterocycles. The molecule has 1 aromatic carbocycles. The van der Waals surface area contributed by atoms with Gasteiger partial charge in [-0.3, -0.25) is 0 Å². The van der Waals surface area contributed by atoms with Gasteiger partial charge in [0.15, 0.2) is 0 Å². The zero-order chi connectivity index (χ0) is 21.2. The lowest BCUT2D eigenvalue weighted by atomic mass is 10.1. The van der Waals surface area contributed by atoms with E-state index in [1.165, 1.54) is 25.6 Å². The Balaban J connectivity index is 2.01. The number of benzene rings is 1. The molecule has 29 heavy (non-hydrogen) atoms. The van der Waals surface area contributed by atoms with E-state index in [1.54, 1.807) is 6.92 Å². The summed E-state index contributed by atoms with van der Waals surface area (Å²) < 4.78 is 50.1. The van der Waals surface area contributed by atoms with E-state index in [9.17, 15) is 18.0 Å². The van der Waals surface area contributed by atoms with E-state index in [2.05, 4.69) is 15.3 Å². The number of hydrogen-bond acceptors (Lipinski definition) is 7. The standard InChI is InChI=1S/C18H15ClF3N3O3S/c1-9-13-15(25-12-4-3-10(19)7-11(12)18(20,21)22)23-8-24-16(13)29-14(9)17(26)28-6-5-27-2/h3-4,7-8H,5-6H2,1-2H3,(H,23,24,25). The molecule has 0 bridgehead atoms. The molecular weight excluding hydrogens is 431 g/mol. The molecule has 0 fully saturated rings. The molecule has 0 saturated carbocycles. The summed E-state index contributed by atoms with van der Waals surface area (Å²) in [6.45, 7) is 1.99. The Kier molecular flexibility index (Phi) is 6.25. The molecule has 154 valence electrons. The number of rotatable bonds is 6. The number of carbonyl (C=O) groups is 1. The quantitative estimate of drug-likeness (QED) is 0.414. The van der Waals surface area contributed by atoms with Gasteiger partial charge in [-0.25, -0.2) is 14.8 Å². The number of alkyl halides is 3. The monoisotopic (exact) mass is 445 g/mol. The number of halogens is 4. The van der Waals surface area contributed by atoms with Crippen molar-refractivity contribution in [3.63, 3.8) is 0 Å². The highest BCUT2D eigenvalue weighted by Gasteiger charge is 2.34. The average molecular weight is 446 g/mol. The van der Waals surface area contributed by atoms with Crippen molar-refractivity contribution in [2.75, 3.05) is 25.6 Å². The van der Waals surface area contributed by atoms with Gasteiger partial charge in [-0.15, -0.1) is 11.3 Å². The van der Waals surface area contributed by atoms with E-state index in [1.807, 2.05) is 0 Å². The van der Waals surface area contributed by atoms with E-state index in [0.29, 0.717) is 20.7 Å².